The van der Waals surface area contributed by atoms with Crippen LogP contribution in [0.5, 0.6) is 0 Å². The zero-order valence-corrected chi connectivity index (χ0v) is 11.1. The van der Waals surface area contributed by atoms with E-state index >= 15 is 0 Å². The molecule has 0 bridgehead atoms. The quantitative estimate of drug-likeness (QED) is 0.470. The zero-order valence-electron chi connectivity index (χ0n) is 11.1. The largest absolute Gasteiger partial charge is 0.459 e. The Bertz CT molecular complexity index is 431. The highest BCUT2D eigenvalue weighted by molar-refractivity contribution is 5.84. The van der Waals surface area contributed by atoms with Crippen molar-refractivity contribution in [1.82, 2.24) is 0 Å². The van der Waals surface area contributed by atoms with Gasteiger partial charge in [0.15, 0.2) is 0 Å². The van der Waals surface area contributed by atoms with Gasteiger partial charge in [0.1, 0.15) is 11.0 Å². The summed E-state index contributed by atoms with van der Waals surface area (Å²) in [5.74, 6) is -0.344. The first-order valence-electron chi connectivity index (χ1n) is 5.95. The summed E-state index contributed by atoms with van der Waals surface area (Å²) in [6.45, 7) is 7.29. The van der Waals surface area contributed by atoms with E-state index < -0.39 is 17.3 Å². The van der Waals surface area contributed by atoms with E-state index in [4.69, 9.17) is 14.5 Å². The van der Waals surface area contributed by atoms with E-state index in [1.165, 1.54) is 0 Å². The molecular weight excluding hydrogens is 232 g/mol. The molecule has 1 atom stereocenters. The lowest BCUT2D eigenvalue weighted by molar-refractivity contribution is -0.162. The Morgan fingerprint density at radius 1 is 1.11 bits per heavy atom. The molecule has 98 valence electrons. The number of carbonyl (C=O) groups excluding carboxylic acids is 1. The fraction of sp³-hybridized carbons (Fsp3) is 0.500. The maximum Gasteiger partial charge on any atom is 0.322 e. The van der Waals surface area contributed by atoms with Crippen molar-refractivity contribution in [1.29, 1.82) is 0 Å². The van der Waals surface area contributed by atoms with Crippen molar-refractivity contribution in [3.05, 3.63) is 35.9 Å². The van der Waals surface area contributed by atoms with Crippen molar-refractivity contribution >= 4 is 5.97 Å². The molecule has 0 aromatic heterocycles. The normalized spacial score (nSPS) is 19.1. The highest BCUT2D eigenvalue weighted by Crippen LogP contribution is 2.39. The molecule has 0 aliphatic carbocycles. The van der Waals surface area contributed by atoms with Crippen molar-refractivity contribution in [2.24, 2.45) is 0 Å². The standard InChI is InChI=1S/C14H18O4/c1-13(2,3)16-11(15)14(4,12-17-18-12)10-8-6-5-7-9-10/h5-9,12H,1-4H3. The van der Waals surface area contributed by atoms with E-state index in [1.807, 2.05) is 51.1 Å². The highest BCUT2D eigenvalue weighted by Gasteiger charge is 2.55. The molecule has 4 heteroatoms. The van der Waals surface area contributed by atoms with Gasteiger partial charge in [-0.3, -0.25) is 4.79 Å². The second-order valence-corrected chi connectivity index (χ2v) is 5.59. The summed E-state index contributed by atoms with van der Waals surface area (Å²) in [4.78, 5) is 22.1. The third-order valence-electron chi connectivity index (χ3n) is 2.86. The van der Waals surface area contributed by atoms with E-state index in [9.17, 15) is 4.79 Å². The monoisotopic (exact) mass is 250 g/mol. The first-order chi connectivity index (χ1) is 8.34. The van der Waals surface area contributed by atoms with Crippen LogP contribution in [0.25, 0.3) is 0 Å². The van der Waals surface area contributed by atoms with E-state index in [-0.39, 0.29) is 5.97 Å². The zero-order chi connectivity index (χ0) is 13.4. The molecule has 1 aliphatic rings. The third kappa shape index (κ3) is 2.54. The van der Waals surface area contributed by atoms with E-state index in [2.05, 4.69) is 0 Å². The molecular formula is C14H18O4. The summed E-state index contributed by atoms with van der Waals surface area (Å²) in [6, 6.07) is 9.39. The van der Waals surface area contributed by atoms with Crippen molar-refractivity contribution in [2.75, 3.05) is 0 Å². The molecule has 1 aromatic rings. The smallest absolute Gasteiger partial charge is 0.322 e. The van der Waals surface area contributed by atoms with Crippen molar-refractivity contribution in [3.8, 4) is 0 Å². The Hall–Kier alpha value is -1.39. The number of carbonyl (C=O) groups is 1. The van der Waals surface area contributed by atoms with Gasteiger partial charge in [0.05, 0.1) is 0 Å². The number of rotatable bonds is 3. The first-order valence-corrected chi connectivity index (χ1v) is 5.95. The second-order valence-electron chi connectivity index (χ2n) is 5.59. The molecule has 1 aromatic carbocycles. The van der Waals surface area contributed by atoms with Crippen molar-refractivity contribution in [3.63, 3.8) is 0 Å². The predicted molar refractivity (Wildman–Crippen MR) is 65.6 cm³/mol. The predicted octanol–water partition coefficient (Wildman–Crippen LogP) is 2.57. The average molecular weight is 250 g/mol. The van der Waals surface area contributed by atoms with Crippen LogP contribution < -0.4 is 0 Å². The van der Waals surface area contributed by atoms with Gasteiger partial charge < -0.3 is 4.74 Å². The minimum absolute atomic E-state index is 0.344. The average Bonchev–Trinajstić information content (AvgIpc) is 3.11. The minimum atomic E-state index is -0.936. The Morgan fingerprint density at radius 3 is 2.11 bits per heavy atom. The fourth-order valence-electron chi connectivity index (χ4n) is 1.74. The van der Waals surface area contributed by atoms with E-state index in [0.717, 1.165) is 5.56 Å². The van der Waals surface area contributed by atoms with Crippen LogP contribution in [0.15, 0.2) is 30.3 Å². The summed E-state index contributed by atoms with van der Waals surface area (Å²) >= 11 is 0. The van der Waals surface area contributed by atoms with Crippen LogP contribution in [0.1, 0.15) is 33.3 Å². The molecule has 0 N–H and O–H groups in total. The van der Waals surface area contributed by atoms with Crippen LogP contribution in [0, 0.1) is 0 Å². The Morgan fingerprint density at radius 2 is 1.67 bits per heavy atom. The van der Waals surface area contributed by atoms with Gasteiger partial charge >= 0.3 is 5.97 Å². The minimum Gasteiger partial charge on any atom is -0.459 e. The molecule has 2 rings (SSSR count). The SMILES string of the molecule is CC(C)(C)OC(=O)C(C)(c1ccccc1)C1OO1. The summed E-state index contributed by atoms with van der Waals surface area (Å²) < 4.78 is 5.46. The maximum absolute atomic E-state index is 12.4. The lowest BCUT2D eigenvalue weighted by Gasteiger charge is -2.29. The number of esters is 1. The van der Waals surface area contributed by atoms with Gasteiger partial charge in [0.2, 0.25) is 6.29 Å². The molecule has 18 heavy (non-hydrogen) atoms. The first kappa shape index (κ1) is 13.1. The Labute approximate surface area is 107 Å². The lowest BCUT2D eigenvalue weighted by Crippen LogP contribution is -2.43. The van der Waals surface area contributed by atoms with Crippen LogP contribution in [-0.2, 0) is 24.7 Å². The van der Waals surface area contributed by atoms with Crippen LogP contribution in [-0.4, -0.2) is 17.9 Å². The van der Waals surface area contributed by atoms with Crippen LogP contribution in [0.2, 0.25) is 0 Å². The van der Waals surface area contributed by atoms with Crippen LogP contribution in [0.3, 0.4) is 0 Å². The summed E-state index contributed by atoms with van der Waals surface area (Å²) in [7, 11) is 0. The van der Waals surface area contributed by atoms with Crippen molar-refractivity contribution < 1.29 is 19.3 Å². The van der Waals surface area contributed by atoms with Gasteiger partial charge in [-0.1, -0.05) is 30.3 Å². The molecule has 4 nitrogen and oxygen atoms in total. The molecule has 1 aliphatic heterocycles. The molecule has 0 radical (unpaired) electrons. The summed E-state index contributed by atoms with van der Waals surface area (Å²) in [5.41, 5.74) is -0.655. The molecule has 0 amide bonds. The van der Waals surface area contributed by atoms with Gasteiger partial charge in [0, 0.05) is 0 Å². The number of hydrogen-bond acceptors (Lipinski definition) is 4. The van der Waals surface area contributed by atoms with E-state index in [0.29, 0.717) is 0 Å². The number of hydrogen-bond donors (Lipinski definition) is 0. The second kappa shape index (κ2) is 4.37. The lowest BCUT2D eigenvalue weighted by atomic mass is 9.82. The molecule has 0 spiro atoms. The molecule has 1 unspecified atom stereocenters. The van der Waals surface area contributed by atoms with Crippen molar-refractivity contribution in [2.45, 2.75) is 45.0 Å². The van der Waals surface area contributed by atoms with Gasteiger partial charge in [-0.05, 0) is 33.3 Å². The van der Waals surface area contributed by atoms with Crippen LogP contribution in [0.4, 0.5) is 0 Å². The maximum atomic E-state index is 12.4. The van der Waals surface area contributed by atoms with Gasteiger partial charge in [0.25, 0.3) is 0 Å². The van der Waals surface area contributed by atoms with Crippen LogP contribution >= 0.6 is 0 Å². The molecule has 1 fully saturated rings. The number of ether oxygens (including phenoxy) is 1. The van der Waals surface area contributed by atoms with Gasteiger partial charge in [-0.2, -0.15) is 9.78 Å². The Balaban J connectivity index is 2.30. The van der Waals surface area contributed by atoms with E-state index in [1.54, 1.807) is 6.92 Å². The molecule has 0 saturated carbocycles. The fourth-order valence-corrected chi connectivity index (χ4v) is 1.74. The summed E-state index contributed by atoms with van der Waals surface area (Å²) in [5, 5.41) is 0. The third-order valence-corrected chi connectivity index (χ3v) is 2.86. The van der Waals surface area contributed by atoms with Gasteiger partial charge in [-0.15, -0.1) is 0 Å². The topological polar surface area (TPSA) is 51.4 Å². The Kier molecular flexibility index (Phi) is 3.17. The molecule has 1 heterocycles. The molecule has 1 saturated heterocycles. The summed E-state index contributed by atoms with van der Waals surface area (Å²) in [6.07, 6.45) is -0.574. The highest BCUT2D eigenvalue weighted by atomic mass is 17.4. The number of benzene rings is 1. The van der Waals surface area contributed by atoms with Gasteiger partial charge in [-0.25, -0.2) is 0 Å².